The van der Waals surface area contributed by atoms with Gasteiger partial charge in [0.1, 0.15) is 5.82 Å². The van der Waals surface area contributed by atoms with E-state index in [1.54, 1.807) is 0 Å². The highest BCUT2D eigenvalue weighted by molar-refractivity contribution is 6.30. The van der Waals surface area contributed by atoms with Gasteiger partial charge in [-0.2, -0.15) is 0 Å². The Balaban J connectivity index is 2.57. The third-order valence-electron chi connectivity index (χ3n) is 1.81. The van der Waals surface area contributed by atoms with Gasteiger partial charge in [0, 0.05) is 29.4 Å². The number of rotatable bonds is 4. The first-order valence-electron chi connectivity index (χ1n) is 4.40. The fourth-order valence-corrected chi connectivity index (χ4v) is 1.41. The largest absolute Gasteiger partial charge is 0.352 e. The number of benzene rings is 1. The first-order chi connectivity index (χ1) is 7.13. The second kappa shape index (κ2) is 5.93. The second-order valence-corrected chi connectivity index (χ2v) is 3.77. The van der Waals surface area contributed by atoms with E-state index in [4.69, 9.17) is 23.2 Å². The highest BCUT2D eigenvalue weighted by atomic mass is 35.5. The predicted octanol–water partition coefficient (Wildman–Crippen LogP) is 2.72. The first kappa shape index (κ1) is 12.3. The number of amides is 1. The van der Waals surface area contributed by atoms with Crippen LogP contribution in [0.25, 0.3) is 0 Å². The summed E-state index contributed by atoms with van der Waals surface area (Å²) < 4.78 is 13.2. The van der Waals surface area contributed by atoms with E-state index in [1.165, 1.54) is 18.2 Å². The summed E-state index contributed by atoms with van der Waals surface area (Å²) in [4.78, 5) is 11.1. The minimum atomic E-state index is -0.384. The fourth-order valence-electron chi connectivity index (χ4n) is 1.05. The molecule has 0 radical (unpaired) electrons. The molecule has 15 heavy (non-hydrogen) atoms. The van der Waals surface area contributed by atoms with E-state index in [-0.39, 0.29) is 30.6 Å². The summed E-state index contributed by atoms with van der Waals surface area (Å²) in [5, 5.41) is 2.99. The van der Waals surface area contributed by atoms with Gasteiger partial charge in [-0.15, -0.1) is 11.6 Å². The number of nitrogens with one attached hydrogen (secondary N) is 1. The van der Waals surface area contributed by atoms with Gasteiger partial charge in [-0.05, 0) is 18.2 Å². The van der Waals surface area contributed by atoms with E-state index in [0.29, 0.717) is 10.6 Å². The van der Waals surface area contributed by atoms with Gasteiger partial charge in [-0.3, -0.25) is 4.79 Å². The molecule has 2 nitrogen and oxygen atoms in total. The summed E-state index contributed by atoms with van der Waals surface area (Å²) in [6.45, 7) is 0.127. The Morgan fingerprint density at radius 1 is 1.47 bits per heavy atom. The van der Waals surface area contributed by atoms with Crippen molar-refractivity contribution in [3.63, 3.8) is 0 Å². The molecule has 5 heteroatoms. The van der Waals surface area contributed by atoms with Crippen molar-refractivity contribution in [1.29, 1.82) is 0 Å². The predicted molar refractivity (Wildman–Crippen MR) is 58.6 cm³/mol. The molecule has 82 valence electrons. The standard InChI is InChI=1S/C10H10Cl2FNO/c11-4-3-10(15)14-6-7-5-8(12)1-2-9(7)13/h1-2,5H,3-4,6H2,(H,14,15). The lowest BCUT2D eigenvalue weighted by atomic mass is 10.2. The van der Waals surface area contributed by atoms with Crippen LogP contribution in [0.3, 0.4) is 0 Å². The van der Waals surface area contributed by atoms with Crippen LogP contribution in [0.5, 0.6) is 0 Å². The molecule has 0 saturated heterocycles. The quantitative estimate of drug-likeness (QED) is 0.818. The summed E-state index contributed by atoms with van der Waals surface area (Å²) in [5.74, 6) is -0.334. The first-order valence-corrected chi connectivity index (χ1v) is 5.31. The van der Waals surface area contributed by atoms with Crippen molar-refractivity contribution in [1.82, 2.24) is 5.32 Å². The topological polar surface area (TPSA) is 29.1 Å². The SMILES string of the molecule is O=C(CCCl)NCc1cc(Cl)ccc1F. The minimum absolute atomic E-state index is 0.127. The fraction of sp³-hybridized carbons (Fsp3) is 0.300. The Morgan fingerprint density at radius 3 is 2.87 bits per heavy atom. The van der Waals surface area contributed by atoms with Crippen molar-refractivity contribution < 1.29 is 9.18 Å². The Bertz CT molecular complexity index is 357. The number of alkyl halides is 1. The number of halogens is 3. The monoisotopic (exact) mass is 249 g/mol. The lowest BCUT2D eigenvalue weighted by Gasteiger charge is -2.05. The summed E-state index contributed by atoms with van der Waals surface area (Å²) in [6, 6.07) is 4.21. The van der Waals surface area contributed by atoms with E-state index in [2.05, 4.69) is 5.32 Å². The number of hydrogen-bond donors (Lipinski definition) is 1. The zero-order valence-electron chi connectivity index (χ0n) is 7.90. The molecule has 0 aliphatic carbocycles. The molecule has 1 N–H and O–H groups in total. The van der Waals surface area contributed by atoms with Gasteiger partial charge in [-0.25, -0.2) is 4.39 Å². The molecule has 0 atom stereocenters. The molecule has 1 aromatic rings. The lowest BCUT2D eigenvalue weighted by molar-refractivity contribution is -0.120. The van der Waals surface area contributed by atoms with Crippen molar-refractivity contribution in [3.8, 4) is 0 Å². The number of carbonyl (C=O) groups excluding carboxylic acids is 1. The molecule has 1 amide bonds. The van der Waals surface area contributed by atoms with Gasteiger partial charge >= 0.3 is 0 Å². The molecule has 0 unspecified atom stereocenters. The Labute approximate surface area is 97.4 Å². The maximum atomic E-state index is 13.2. The van der Waals surface area contributed by atoms with Crippen molar-refractivity contribution in [2.24, 2.45) is 0 Å². The maximum absolute atomic E-state index is 13.2. The van der Waals surface area contributed by atoms with Gasteiger partial charge in [0.05, 0.1) is 0 Å². The average molecular weight is 250 g/mol. The molecule has 1 rings (SSSR count). The van der Waals surface area contributed by atoms with E-state index < -0.39 is 0 Å². The molecule has 0 aliphatic rings. The van der Waals surface area contributed by atoms with Gasteiger partial charge in [0.2, 0.25) is 5.91 Å². The molecule has 0 bridgehead atoms. The van der Waals surface area contributed by atoms with Crippen LogP contribution in [-0.4, -0.2) is 11.8 Å². The molecule has 1 aromatic carbocycles. The highest BCUT2D eigenvalue weighted by Crippen LogP contribution is 2.14. The highest BCUT2D eigenvalue weighted by Gasteiger charge is 2.05. The van der Waals surface area contributed by atoms with Crippen LogP contribution in [0.1, 0.15) is 12.0 Å². The molecule has 0 aliphatic heterocycles. The molecule has 0 aromatic heterocycles. The third kappa shape index (κ3) is 4.06. The van der Waals surface area contributed by atoms with Crippen LogP contribution in [-0.2, 0) is 11.3 Å². The van der Waals surface area contributed by atoms with E-state index in [1.807, 2.05) is 0 Å². The second-order valence-electron chi connectivity index (χ2n) is 2.95. The van der Waals surface area contributed by atoms with Crippen LogP contribution in [0.4, 0.5) is 4.39 Å². The Hall–Kier alpha value is -0.800. The molecular formula is C10H10Cl2FNO. The van der Waals surface area contributed by atoms with Crippen LogP contribution < -0.4 is 5.32 Å². The molecule has 0 spiro atoms. The minimum Gasteiger partial charge on any atom is -0.352 e. The van der Waals surface area contributed by atoms with Crippen molar-refractivity contribution in [2.45, 2.75) is 13.0 Å². The van der Waals surface area contributed by atoms with Crippen LogP contribution >= 0.6 is 23.2 Å². The zero-order chi connectivity index (χ0) is 11.3. The Morgan fingerprint density at radius 2 is 2.20 bits per heavy atom. The zero-order valence-corrected chi connectivity index (χ0v) is 9.41. The number of hydrogen-bond acceptors (Lipinski definition) is 1. The number of carbonyl (C=O) groups is 1. The van der Waals surface area contributed by atoms with E-state index in [9.17, 15) is 9.18 Å². The van der Waals surface area contributed by atoms with Crippen molar-refractivity contribution >= 4 is 29.1 Å². The Kier molecular flexibility index (Phi) is 4.85. The van der Waals surface area contributed by atoms with Gasteiger partial charge in [0.25, 0.3) is 0 Å². The van der Waals surface area contributed by atoms with Gasteiger partial charge in [-0.1, -0.05) is 11.6 Å². The summed E-state index contributed by atoms with van der Waals surface area (Å²) in [6.07, 6.45) is 0.226. The summed E-state index contributed by atoms with van der Waals surface area (Å²) in [7, 11) is 0. The van der Waals surface area contributed by atoms with Crippen LogP contribution in [0.2, 0.25) is 5.02 Å². The molecule has 0 saturated carbocycles. The van der Waals surface area contributed by atoms with Gasteiger partial charge < -0.3 is 5.32 Å². The normalized spacial score (nSPS) is 10.1. The molecular weight excluding hydrogens is 240 g/mol. The van der Waals surface area contributed by atoms with E-state index >= 15 is 0 Å². The van der Waals surface area contributed by atoms with Crippen LogP contribution in [0, 0.1) is 5.82 Å². The molecule has 0 heterocycles. The van der Waals surface area contributed by atoms with Gasteiger partial charge in [0.15, 0.2) is 0 Å². The van der Waals surface area contributed by atoms with Crippen molar-refractivity contribution in [3.05, 3.63) is 34.6 Å². The van der Waals surface area contributed by atoms with Crippen molar-refractivity contribution in [2.75, 3.05) is 5.88 Å². The average Bonchev–Trinajstić information content (AvgIpc) is 2.20. The lowest BCUT2D eigenvalue weighted by Crippen LogP contribution is -2.23. The van der Waals surface area contributed by atoms with E-state index in [0.717, 1.165) is 0 Å². The van der Waals surface area contributed by atoms with Crippen LogP contribution in [0.15, 0.2) is 18.2 Å². The molecule has 0 fully saturated rings. The summed E-state index contributed by atoms with van der Waals surface area (Å²) >= 11 is 11.1. The summed E-state index contributed by atoms with van der Waals surface area (Å²) in [5.41, 5.74) is 0.366. The maximum Gasteiger partial charge on any atom is 0.221 e. The third-order valence-corrected chi connectivity index (χ3v) is 2.23. The smallest absolute Gasteiger partial charge is 0.221 e.